The molecule has 1 fully saturated rings. The number of benzene rings is 2. The highest BCUT2D eigenvalue weighted by molar-refractivity contribution is 6.30. The molecule has 0 saturated heterocycles. The molecule has 0 unspecified atom stereocenters. The Morgan fingerprint density at radius 2 is 1.84 bits per heavy atom. The Hall–Kier alpha value is -3.32. The fourth-order valence-corrected chi connectivity index (χ4v) is 4.16. The van der Waals surface area contributed by atoms with Crippen LogP contribution in [0.1, 0.15) is 37.1 Å². The Balaban J connectivity index is 1.69. The van der Waals surface area contributed by atoms with Gasteiger partial charge in [-0.15, -0.1) is 0 Å². The summed E-state index contributed by atoms with van der Waals surface area (Å²) in [7, 11) is 1.65. The molecule has 166 valence electrons. The summed E-state index contributed by atoms with van der Waals surface area (Å²) in [5.41, 5.74) is 7.46. The first-order valence-electron chi connectivity index (χ1n) is 10.7. The van der Waals surface area contributed by atoms with Crippen molar-refractivity contribution >= 4 is 46.4 Å². The highest BCUT2D eigenvalue weighted by Crippen LogP contribution is 2.29. The molecule has 0 radical (unpaired) electrons. The average Bonchev–Trinajstić information content (AvgIpc) is 2.79. The third-order valence-electron chi connectivity index (χ3n) is 5.64. The molecule has 1 saturated carbocycles. The Kier molecular flexibility index (Phi) is 6.75. The molecular formula is C24H27ClN6O. The largest absolute Gasteiger partial charge is 0.497 e. The lowest BCUT2D eigenvalue weighted by Gasteiger charge is -2.33. The maximum absolute atomic E-state index is 7.65. The normalized spacial score (nSPS) is 18.6. The van der Waals surface area contributed by atoms with Crippen molar-refractivity contribution in [2.75, 3.05) is 12.4 Å². The zero-order chi connectivity index (χ0) is 22.5. The van der Waals surface area contributed by atoms with E-state index in [2.05, 4.69) is 10.6 Å². The van der Waals surface area contributed by atoms with E-state index in [1.807, 2.05) is 54.6 Å². The van der Waals surface area contributed by atoms with Crippen LogP contribution < -0.4 is 21.1 Å². The lowest BCUT2D eigenvalue weighted by Crippen LogP contribution is -2.50. The van der Waals surface area contributed by atoms with Gasteiger partial charge in [0.1, 0.15) is 11.6 Å². The fourth-order valence-electron chi connectivity index (χ4n) is 4.03. The minimum Gasteiger partial charge on any atom is -0.497 e. The van der Waals surface area contributed by atoms with Gasteiger partial charge in [0.05, 0.1) is 12.6 Å². The van der Waals surface area contributed by atoms with Gasteiger partial charge in [0, 0.05) is 22.5 Å². The number of ether oxygens (including phenoxy) is 1. The minimum atomic E-state index is -0.00972. The lowest BCUT2D eigenvalue weighted by atomic mass is 9.90. The first-order chi connectivity index (χ1) is 15.5. The van der Waals surface area contributed by atoms with E-state index in [0.29, 0.717) is 10.8 Å². The van der Waals surface area contributed by atoms with Crippen molar-refractivity contribution < 1.29 is 4.74 Å². The highest BCUT2D eigenvalue weighted by atomic mass is 35.5. The topological polar surface area (TPSA) is 109 Å². The standard InChI is InChI=1S/C24H27ClN6O/c1-32-17-11-12-19-18(14-17)23(29-20-4-2-3-5-21(20)30-24(26)27)31-22(28-19)13-8-15-6-9-16(25)10-7-15/h6-14,20-21H,2-5H2,1H3,(H4,26,27,30)(H,28,29,31)/b13-8-/t20-,21+/m1/s1. The van der Waals surface area contributed by atoms with Crippen LogP contribution in [0.3, 0.4) is 0 Å². The van der Waals surface area contributed by atoms with Crippen molar-refractivity contribution in [1.82, 2.24) is 15.3 Å². The van der Waals surface area contributed by atoms with Crippen molar-refractivity contribution in [3.63, 3.8) is 0 Å². The quantitative estimate of drug-likeness (QED) is 0.321. The van der Waals surface area contributed by atoms with E-state index >= 15 is 0 Å². The van der Waals surface area contributed by atoms with Crippen molar-refractivity contribution in [1.29, 1.82) is 5.41 Å². The molecule has 1 aromatic heterocycles. The lowest BCUT2D eigenvalue weighted by molar-refractivity contribution is 0.377. The van der Waals surface area contributed by atoms with Crippen molar-refractivity contribution in [3.8, 4) is 5.75 Å². The van der Waals surface area contributed by atoms with Crippen molar-refractivity contribution in [2.24, 2.45) is 5.73 Å². The number of fused-ring (bicyclic) bond motifs is 1. The fraction of sp³-hybridized carbons (Fsp3) is 0.292. The number of anilines is 1. The van der Waals surface area contributed by atoms with Crippen LogP contribution >= 0.6 is 11.6 Å². The summed E-state index contributed by atoms with van der Waals surface area (Å²) in [6.07, 6.45) is 8.00. The molecule has 0 spiro atoms. The maximum atomic E-state index is 7.65. The molecule has 1 aliphatic carbocycles. The maximum Gasteiger partial charge on any atom is 0.185 e. The third-order valence-corrected chi connectivity index (χ3v) is 5.90. The van der Waals surface area contributed by atoms with E-state index in [1.54, 1.807) is 7.11 Å². The Bertz CT molecular complexity index is 1130. The summed E-state index contributed by atoms with van der Waals surface area (Å²) in [6.45, 7) is 0. The van der Waals surface area contributed by atoms with Gasteiger partial charge in [0.15, 0.2) is 11.8 Å². The summed E-state index contributed by atoms with van der Waals surface area (Å²) < 4.78 is 5.42. The Labute approximate surface area is 192 Å². The predicted molar refractivity (Wildman–Crippen MR) is 131 cm³/mol. The number of aromatic nitrogens is 2. The average molecular weight is 451 g/mol. The molecule has 0 amide bonds. The van der Waals surface area contributed by atoms with Crippen LogP contribution in [0.4, 0.5) is 5.82 Å². The molecule has 4 rings (SSSR count). The molecule has 1 aliphatic rings. The zero-order valence-electron chi connectivity index (χ0n) is 17.9. The van der Waals surface area contributed by atoms with E-state index in [1.165, 1.54) is 0 Å². The first-order valence-corrected chi connectivity index (χ1v) is 11.1. The third kappa shape index (κ3) is 5.29. The Morgan fingerprint density at radius 1 is 1.09 bits per heavy atom. The van der Waals surface area contributed by atoms with Gasteiger partial charge < -0.3 is 21.1 Å². The summed E-state index contributed by atoms with van der Waals surface area (Å²) in [5.74, 6) is 2.08. The van der Waals surface area contributed by atoms with Crippen molar-refractivity contribution in [3.05, 3.63) is 58.9 Å². The molecule has 0 bridgehead atoms. The summed E-state index contributed by atoms with van der Waals surface area (Å²) in [5, 5.41) is 15.9. The summed E-state index contributed by atoms with van der Waals surface area (Å²) >= 11 is 5.98. The molecule has 2 atom stereocenters. The minimum absolute atomic E-state index is 0.00972. The van der Waals surface area contributed by atoms with E-state index in [0.717, 1.165) is 53.7 Å². The predicted octanol–water partition coefficient (Wildman–Crippen LogP) is 4.67. The molecule has 2 aromatic carbocycles. The number of rotatable bonds is 6. The summed E-state index contributed by atoms with van der Waals surface area (Å²) in [4.78, 5) is 9.53. The number of nitrogens with one attached hydrogen (secondary N) is 3. The molecule has 5 N–H and O–H groups in total. The monoisotopic (exact) mass is 450 g/mol. The zero-order valence-corrected chi connectivity index (χ0v) is 18.7. The van der Waals surface area contributed by atoms with Gasteiger partial charge in [-0.1, -0.05) is 42.7 Å². The molecular weight excluding hydrogens is 424 g/mol. The van der Waals surface area contributed by atoms with Gasteiger partial charge >= 0.3 is 0 Å². The summed E-state index contributed by atoms with van der Waals surface area (Å²) in [6, 6.07) is 13.6. The van der Waals surface area contributed by atoms with Gasteiger partial charge in [-0.3, -0.25) is 5.41 Å². The molecule has 8 heteroatoms. The second-order valence-corrected chi connectivity index (χ2v) is 8.33. The molecule has 0 aliphatic heterocycles. The number of hydrogen-bond donors (Lipinski definition) is 4. The number of guanidine groups is 1. The van der Waals surface area contributed by atoms with E-state index in [4.69, 9.17) is 37.4 Å². The van der Waals surface area contributed by atoms with Crippen molar-refractivity contribution in [2.45, 2.75) is 37.8 Å². The molecule has 1 heterocycles. The van der Waals surface area contributed by atoms with Gasteiger partial charge in [-0.25, -0.2) is 9.97 Å². The Morgan fingerprint density at radius 3 is 2.56 bits per heavy atom. The van der Waals surface area contributed by atoms with Crippen LogP contribution in [0, 0.1) is 5.41 Å². The number of hydrogen-bond acceptors (Lipinski definition) is 5. The number of nitrogens with zero attached hydrogens (tertiary/aromatic N) is 2. The van der Waals surface area contributed by atoms with E-state index in [-0.39, 0.29) is 18.0 Å². The van der Waals surface area contributed by atoms with Crippen LogP contribution in [0.15, 0.2) is 42.5 Å². The van der Waals surface area contributed by atoms with E-state index in [9.17, 15) is 0 Å². The van der Waals surface area contributed by atoms with Crippen LogP contribution in [-0.2, 0) is 0 Å². The van der Waals surface area contributed by atoms with Crippen LogP contribution in [0.2, 0.25) is 5.02 Å². The highest BCUT2D eigenvalue weighted by Gasteiger charge is 2.26. The SMILES string of the molecule is COc1ccc2nc(/C=C\c3ccc(Cl)cc3)nc(N[C@@H]3CCCC[C@@H]3NC(=N)N)c2c1. The second-order valence-electron chi connectivity index (χ2n) is 7.90. The van der Waals surface area contributed by atoms with Gasteiger partial charge in [-0.05, 0) is 54.8 Å². The second kappa shape index (κ2) is 9.87. The van der Waals surface area contributed by atoms with Crippen LogP contribution in [-0.4, -0.2) is 35.1 Å². The van der Waals surface area contributed by atoms with Crippen LogP contribution in [0.25, 0.3) is 23.1 Å². The number of nitrogens with two attached hydrogens (primary N) is 1. The molecule has 3 aromatic rings. The first kappa shape index (κ1) is 21.9. The van der Waals surface area contributed by atoms with Gasteiger partial charge in [-0.2, -0.15) is 0 Å². The molecule has 7 nitrogen and oxygen atoms in total. The number of halogens is 1. The number of methoxy groups -OCH3 is 1. The molecule has 32 heavy (non-hydrogen) atoms. The van der Waals surface area contributed by atoms with Gasteiger partial charge in [0.2, 0.25) is 0 Å². The smallest absolute Gasteiger partial charge is 0.185 e. The van der Waals surface area contributed by atoms with Gasteiger partial charge in [0.25, 0.3) is 0 Å². The van der Waals surface area contributed by atoms with Crippen LogP contribution in [0.5, 0.6) is 5.75 Å². The van der Waals surface area contributed by atoms with E-state index < -0.39 is 0 Å².